The molecule has 88 valence electrons. The van der Waals surface area contributed by atoms with Crippen LogP contribution in [0.5, 0.6) is 0 Å². The Labute approximate surface area is 104 Å². The van der Waals surface area contributed by atoms with Crippen molar-refractivity contribution in [3.05, 3.63) is 17.7 Å². The molecule has 1 unspecified atom stereocenters. The van der Waals surface area contributed by atoms with Gasteiger partial charge in [0.2, 0.25) is 5.28 Å². The van der Waals surface area contributed by atoms with Crippen molar-refractivity contribution in [3.8, 4) is 6.07 Å². The summed E-state index contributed by atoms with van der Waals surface area (Å²) in [7, 11) is 0. The highest BCUT2D eigenvalue weighted by Gasteiger charge is 2.29. The highest BCUT2D eigenvalue weighted by atomic mass is 35.5. The van der Waals surface area contributed by atoms with Gasteiger partial charge >= 0.3 is 0 Å². The van der Waals surface area contributed by atoms with E-state index >= 15 is 0 Å². The number of fused-ring (bicyclic) bond motifs is 1. The van der Waals surface area contributed by atoms with Crippen LogP contribution in [0.3, 0.4) is 0 Å². The molecule has 0 radical (unpaired) electrons. The number of nitrogens with zero attached hydrogens (tertiary/aromatic N) is 5. The average Bonchev–Trinajstić information content (AvgIpc) is 2.70. The second-order valence-corrected chi connectivity index (χ2v) is 4.85. The summed E-state index contributed by atoms with van der Waals surface area (Å²) in [4.78, 5) is 8.05. The topological polar surface area (TPSA) is 67.4 Å². The van der Waals surface area contributed by atoms with Crippen LogP contribution < -0.4 is 0 Å². The Morgan fingerprint density at radius 1 is 1.47 bits per heavy atom. The molecule has 5 nitrogen and oxygen atoms in total. The van der Waals surface area contributed by atoms with Gasteiger partial charge < -0.3 is 0 Å². The zero-order chi connectivity index (χ0) is 12.6. The fourth-order valence-corrected chi connectivity index (χ4v) is 1.63. The highest BCUT2D eigenvalue weighted by Crippen LogP contribution is 2.31. The lowest BCUT2D eigenvalue weighted by atomic mass is 9.87. The minimum absolute atomic E-state index is 0.101. The van der Waals surface area contributed by atoms with Crippen LogP contribution >= 0.6 is 11.6 Å². The summed E-state index contributed by atoms with van der Waals surface area (Å²) in [6, 6.07) is 2.17. The van der Waals surface area contributed by atoms with Crippen molar-refractivity contribution in [1.82, 2.24) is 19.7 Å². The van der Waals surface area contributed by atoms with E-state index in [1.54, 1.807) is 17.1 Å². The average molecular weight is 250 g/mol. The van der Waals surface area contributed by atoms with Gasteiger partial charge in [0.05, 0.1) is 29.1 Å². The molecule has 0 amide bonds. The van der Waals surface area contributed by atoms with Gasteiger partial charge in [-0.15, -0.1) is 0 Å². The van der Waals surface area contributed by atoms with Gasteiger partial charge in [0.15, 0.2) is 5.65 Å². The monoisotopic (exact) mass is 249 g/mol. The van der Waals surface area contributed by atoms with Crippen LogP contribution in [0.4, 0.5) is 0 Å². The molecule has 17 heavy (non-hydrogen) atoms. The summed E-state index contributed by atoms with van der Waals surface area (Å²) in [6.07, 6.45) is 3.30. The standard InChI is InChI=1S/C11H12ClN5/c1-7(11(2,3)6-13)17-9-8(5-15-17)4-14-10(12)16-9/h4-5,7H,1-3H3. The zero-order valence-electron chi connectivity index (χ0n) is 9.85. The van der Waals surface area contributed by atoms with Gasteiger partial charge in [-0.3, -0.25) is 0 Å². The minimum atomic E-state index is -0.531. The third-order valence-electron chi connectivity index (χ3n) is 3.00. The van der Waals surface area contributed by atoms with Gasteiger partial charge in [-0.25, -0.2) is 9.67 Å². The van der Waals surface area contributed by atoms with E-state index in [-0.39, 0.29) is 11.3 Å². The number of aromatic nitrogens is 4. The van der Waals surface area contributed by atoms with Crippen LogP contribution in [0.1, 0.15) is 26.8 Å². The molecule has 2 heterocycles. The number of halogens is 1. The van der Waals surface area contributed by atoms with Crippen molar-refractivity contribution in [2.45, 2.75) is 26.8 Å². The second kappa shape index (κ2) is 3.97. The Bertz CT molecular complexity index is 595. The lowest BCUT2D eigenvalue weighted by Crippen LogP contribution is -2.24. The minimum Gasteiger partial charge on any atom is -0.243 e. The molecule has 6 heteroatoms. The van der Waals surface area contributed by atoms with Crippen LogP contribution in [0.2, 0.25) is 5.28 Å². The first-order chi connectivity index (χ1) is 7.95. The maximum Gasteiger partial charge on any atom is 0.224 e. The largest absolute Gasteiger partial charge is 0.243 e. The van der Waals surface area contributed by atoms with Crippen molar-refractivity contribution in [2.24, 2.45) is 5.41 Å². The van der Waals surface area contributed by atoms with Crippen molar-refractivity contribution >= 4 is 22.6 Å². The van der Waals surface area contributed by atoms with E-state index in [4.69, 9.17) is 16.9 Å². The van der Waals surface area contributed by atoms with Gasteiger partial charge in [0.25, 0.3) is 0 Å². The van der Waals surface area contributed by atoms with Crippen molar-refractivity contribution in [1.29, 1.82) is 5.26 Å². The van der Waals surface area contributed by atoms with Crippen LogP contribution in [-0.4, -0.2) is 19.7 Å². The number of rotatable bonds is 2. The molecule has 0 aliphatic rings. The number of nitriles is 1. The van der Waals surface area contributed by atoms with Gasteiger partial charge in [0.1, 0.15) is 0 Å². The molecule has 2 aromatic rings. The van der Waals surface area contributed by atoms with E-state index in [1.165, 1.54) is 0 Å². The molecule has 2 aromatic heterocycles. The van der Waals surface area contributed by atoms with E-state index in [1.807, 2.05) is 20.8 Å². The summed E-state index contributed by atoms with van der Waals surface area (Å²) in [5, 5.41) is 14.4. The molecule has 0 spiro atoms. The normalized spacial score (nSPS) is 13.6. The molecule has 0 saturated carbocycles. The van der Waals surface area contributed by atoms with Crippen LogP contribution in [0.25, 0.3) is 11.0 Å². The Hall–Kier alpha value is -1.67. The fourth-order valence-electron chi connectivity index (χ4n) is 1.50. The molecule has 0 aliphatic carbocycles. The molecule has 0 bridgehead atoms. The maximum absolute atomic E-state index is 9.14. The molecule has 0 fully saturated rings. The predicted molar refractivity (Wildman–Crippen MR) is 64.4 cm³/mol. The Morgan fingerprint density at radius 2 is 2.18 bits per heavy atom. The van der Waals surface area contributed by atoms with Crippen molar-refractivity contribution in [3.63, 3.8) is 0 Å². The van der Waals surface area contributed by atoms with E-state index in [2.05, 4.69) is 21.1 Å². The van der Waals surface area contributed by atoms with Crippen molar-refractivity contribution < 1.29 is 0 Å². The van der Waals surface area contributed by atoms with E-state index in [0.717, 1.165) is 5.39 Å². The van der Waals surface area contributed by atoms with Crippen LogP contribution in [-0.2, 0) is 0 Å². The first-order valence-corrected chi connectivity index (χ1v) is 5.60. The number of hydrogen-bond acceptors (Lipinski definition) is 4. The first kappa shape index (κ1) is 11.8. The van der Waals surface area contributed by atoms with E-state index in [0.29, 0.717) is 5.65 Å². The van der Waals surface area contributed by atoms with E-state index in [9.17, 15) is 0 Å². The Morgan fingerprint density at radius 3 is 2.82 bits per heavy atom. The van der Waals surface area contributed by atoms with Gasteiger partial charge in [-0.1, -0.05) is 0 Å². The second-order valence-electron chi connectivity index (χ2n) is 4.52. The molecular weight excluding hydrogens is 238 g/mol. The Kier molecular flexibility index (Phi) is 2.76. The number of hydrogen-bond donors (Lipinski definition) is 0. The summed E-state index contributed by atoms with van der Waals surface area (Å²) in [5.41, 5.74) is 0.122. The summed E-state index contributed by atoms with van der Waals surface area (Å²) in [5.74, 6) is 0. The third kappa shape index (κ3) is 1.96. The fraction of sp³-hybridized carbons (Fsp3) is 0.455. The molecule has 0 aliphatic heterocycles. The lowest BCUT2D eigenvalue weighted by Gasteiger charge is -2.24. The molecule has 1 atom stereocenters. The summed E-state index contributed by atoms with van der Waals surface area (Å²) in [6.45, 7) is 5.67. The molecule has 0 saturated heterocycles. The third-order valence-corrected chi connectivity index (χ3v) is 3.19. The maximum atomic E-state index is 9.14. The molecule has 0 N–H and O–H groups in total. The summed E-state index contributed by atoms with van der Waals surface area (Å²) < 4.78 is 1.71. The highest BCUT2D eigenvalue weighted by molar-refractivity contribution is 6.28. The van der Waals surface area contributed by atoms with Crippen molar-refractivity contribution in [2.75, 3.05) is 0 Å². The first-order valence-electron chi connectivity index (χ1n) is 5.22. The van der Waals surface area contributed by atoms with Crippen LogP contribution in [0, 0.1) is 16.7 Å². The van der Waals surface area contributed by atoms with Gasteiger partial charge in [0, 0.05) is 6.20 Å². The molecule has 0 aromatic carbocycles. The lowest BCUT2D eigenvalue weighted by molar-refractivity contribution is 0.299. The predicted octanol–water partition coefficient (Wildman–Crippen LogP) is 2.59. The SMILES string of the molecule is CC(n1ncc2cnc(Cl)nc21)C(C)(C)C#N. The Balaban J connectivity index is 2.57. The van der Waals surface area contributed by atoms with Gasteiger partial charge in [-0.05, 0) is 32.4 Å². The zero-order valence-corrected chi connectivity index (χ0v) is 10.6. The van der Waals surface area contributed by atoms with Gasteiger partial charge in [-0.2, -0.15) is 15.3 Å². The smallest absolute Gasteiger partial charge is 0.224 e. The molecule has 2 rings (SSSR count). The molecular formula is C11H12ClN5. The van der Waals surface area contributed by atoms with E-state index < -0.39 is 5.41 Å². The quantitative estimate of drug-likeness (QED) is 0.768. The summed E-state index contributed by atoms with van der Waals surface area (Å²) >= 11 is 5.77. The van der Waals surface area contributed by atoms with Crippen LogP contribution in [0.15, 0.2) is 12.4 Å².